The second-order valence-electron chi connectivity index (χ2n) is 8.10. The van der Waals surface area contributed by atoms with Crippen LogP contribution in [0.15, 0.2) is 48.5 Å². The van der Waals surface area contributed by atoms with Crippen molar-refractivity contribution in [2.75, 3.05) is 12.0 Å². The summed E-state index contributed by atoms with van der Waals surface area (Å²) in [5.74, 6) is -3.53. The molecule has 2 aromatic carbocycles. The van der Waals surface area contributed by atoms with Crippen molar-refractivity contribution in [3.05, 3.63) is 63.2 Å². The lowest BCUT2D eigenvalue weighted by Gasteiger charge is -2.31. The number of carboxylic acid groups (broad SMARTS) is 1. The monoisotopic (exact) mass is 566 g/mol. The van der Waals surface area contributed by atoms with Crippen molar-refractivity contribution in [2.45, 2.75) is 24.5 Å². The van der Waals surface area contributed by atoms with E-state index in [0.29, 0.717) is 11.3 Å². The number of aliphatic carboxylic acids is 1. The zero-order valence-electron chi connectivity index (χ0n) is 17.3. The summed E-state index contributed by atoms with van der Waals surface area (Å²) < 4.78 is 0.837. The first-order chi connectivity index (χ1) is 15.3. The van der Waals surface area contributed by atoms with Crippen molar-refractivity contribution in [3.8, 4) is 5.75 Å². The van der Waals surface area contributed by atoms with Gasteiger partial charge in [-0.25, -0.2) is 0 Å². The van der Waals surface area contributed by atoms with E-state index in [-0.39, 0.29) is 18.7 Å². The first-order valence-corrected chi connectivity index (χ1v) is 12.6. The van der Waals surface area contributed by atoms with Crippen LogP contribution >= 0.6 is 34.4 Å². The predicted molar refractivity (Wildman–Crippen MR) is 129 cm³/mol. The summed E-state index contributed by atoms with van der Waals surface area (Å²) in [6.45, 7) is 0.0920. The van der Waals surface area contributed by atoms with Gasteiger partial charge in [0.15, 0.2) is 0 Å². The molecule has 4 atom stereocenters. The molecule has 0 aromatic heterocycles. The number of thioether (sulfide) groups is 1. The van der Waals surface area contributed by atoms with Crippen LogP contribution in [-0.4, -0.2) is 50.4 Å². The van der Waals surface area contributed by atoms with Crippen molar-refractivity contribution < 1.29 is 24.6 Å². The third-order valence-corrected chi connectivity index (χ3v) is 7.62. The van der Waals surface area contributed by atoms with Crippen molar-refractivity contribution in [1.29, 1.82) is 0 Å². The standard InChI is InChI=1S/C23H23IN2O5S/c1-32-10-9-23(22(30)31)18-17(19(25-23)15-11-14(24)7-8-16(15)27)20(28)26(21(18)29)12-13-5-3-2-4-6-13/h2-8,11,17-19,25,27H,9-10,12H2,1H3,(H,30,31)/t17-,18+,19-,23+/m0/s1. The Bertz CT molecular complexity index is 1070. The Hall–Kier alpha value is -2.11. The predicted octanol–water partition coefficient (Wildman–Crippen LogP) is 3.02. The first kappa shape index (κ1) is 23.1. The number of aromatic hydroxyl groups is 1. The minimum absolute atomic E-state index is 0.0329. The van der Waals surface area contributed by atoms with Gasteiger partial charge in [-0.3, -0.25) is 24.6 Å². The number of hydrogen-bond acceptors (Lipinski definition) is 6. The highest BCUT2D eigenvalue weighted by Gasteiger charge is 2.68. The van der Waals surface area contributed by atoms with E-state index >= 15 is 0 Å². The van der Waals surface area contributed by atoms with Crippen molar-refractivity contribution in [3.63, 3.8) is 0 Å². The Kier molecular flexibility index (Phi) is 6.51. The van der Waals surface area contributed by atoms with E-state index in [1.165, 1.54) is 22.7 Å². The number of carbonyl (C=O) groups is 3. The summed E-state index contributed by atoms with van der Waals surface area (Å²) in [6.07, 6.45) is 2.05. The van der Waals surface area contributed by atoms with E-state index in [9.17, 15) is 24.6 Å². The third-order valence-electron chi connectivity index (χ3n) is 6.34. The quantitative estimate of drug-likeness (QED) is 0.350. The molecule has 0 saturated carbocycles. The fourth-order valence-corrected chi connectivity index (χ4v) is 5.86. The van der Waals surface area contributed by atoms with Crippen LogP contribution in [-0.2, 0) is 20.9 Å². The van der Waals surface area contributed by atoms with E-state index in [1.54, 1.807) is 12.1 Å². The molecule has 0 aliphatic carbocycles. The van der Waals surface area contributed by atoms with Gasteiger partial charge in [0.2, 0.25) is 11.8 Å². The summed E-state index contributed by atoms with van der Waals surface area (Å²) >= 11 is 3.58. The fourth-order valence-electron chi connectivity index (χ4n) is 4.82. The van der Waals surface area contributed by atoms with E-state index in [4.69, 9.17) is 0 Å². The molecule has 0 unspecified atom stereocenters. The smallest absolute Gasteiger partial charge is 0.324 e. The van der Waals surface area contributed by atoms with Crippen molar-refractivity contribution in [1.82, 2.24) is 10.2 Å². The minimum atomic E-state index is -1.59. The SMILES string of the molecule is CSCC[C@@]1(C(=O)O)N[C@@H](c2cc(I)ccc2O)[C@H]2C(=O)N(Cc3ccccc3)C(=O)[C@@H]21. The van der Waals surface area contributed by atoms with Crippen molar-refractivity contribution >= 4 is 52.1 Å². The highest BCUT2D eigenvalue weighted by atomic mass is 127. The van der Waals surface area contributed by atoms with E-state index < -0.39 is 41.2 Å². The molecule has 7 nitrogen and oxygen atoms in total. The summed E-state index contributed by atoms with van der Waals surface area (Å²) in [5, 5.41) is 24.0. The number of carbonyl (C=O) groups excluding carboxylic acids is 2. The average Bonchev–Trinajstić information content (AvgIpc) is 3.25. The number of rotatable bonds is 7. The maximum atomic E-state index is 13.5. The molecule has 4 rings (SSSR count). The molecule has 2 aliphatic rings. The molecule has 2 amide bonds. The van der Waals surface area contributed by atoms with Gasteiger partial charge >= 0.3 is 5.97 Å². The van der Waals surface area contributed by atoms with Gasteiger partial charge in [-0.1, -0.05) is 30.3 Å². The number of carboxylic acids is 1. The second-order valence-corrected chi connectivity index (χ2v) is 10.3. The summed E-state index contributed by atoms with van der Waals surface area (Å²) in [6, 6.07) is 13.4. The molecular weight excluding hydrogens is 543 g/mol. The number of imide groups is 1. The van der Waals surface area contributed by atoms with Gasteiger partial charge in [0, 0.05) is 15.2 Å². The largest absolute Gasteiger partial charge is 0.508 e. The number of halogens is 1. The van der Waals surface area contributed by atoms with Gasteiger partial charge in [0.05, 0.1) is 18.4 Å². The normalized spacial score (nSPS) is 27.1. The number of phenols is 1. The van der Waals surface area contributed by atoms with E-state index in [2.05, 4.69) is 27.9 Å². The molecule has 9 heteroatoms. The number of fused-ring (bicyclic) bond motifs is 1. The van der Waals surface area contributed by atoms with Gasteiger partial charge in [-0.15, -0.1) is 0 Å². The van der Waals surface area contributed by atoms with E-state index in [0.717, 1.165) is 9.13 Å². The van der Waals surface area contributed by atoms with Crippen LogP contribution in [0.4, 0.5) is 0 Å². The average molecular weight is 566 g/mol. The summed E-state index contributed by atoms with van der Waals surface area (Å²) in [7, 11) is 0. The molecule has 0 bridgehead atoms. The summed E-state index contributed by atoms with van der Waals surface area (Å²) in [5.41, 5.74) is -0.368. The number of phenolic OH excluding ortho intramolecular Hbond substituents is 1. The number of likely N-dealkylation sites (tertiary alicyclic amines) is 1. The maximum Gasteiger partial charge on any atom is 0.324 e. The second kappa shape index (κ2) is 9.03. The van der Waals surface area contributed by atoms with Gasteiger partial charge in [-0.05, 0) is 64.8 Å². The Labute approximate surface area is 203 Å². The van der Waals surface area contributed by atoms with Crippen LogP contribution in [0.3, 0.4) is 0 Å². The van der Waals surface area contributed by atoms with Gasteiger partial charge in [0.25, 0.3) is 0 Å². The van der Waals surface area contributed by atoms with Gasteiger partial charge < -0.3 is 10.2 Å². The van der Waals surface area contributed by atoms with Gasteiger partial charge in [-0.2, -0.15) is 11.8 Å². The molecule has 168 valence electrons. The van der Waals surface area contributed by atoms with Crippen LogP contribution in [0.2, 0.25) is 0 Å². The molecule has 0 radical (unpaired) electrons. The summed E-state index contributed by atoms with van der Waals surface area (Å²) in [4.78, 5) is 40.9. The molecule has 2 aliphatic heterocycles. The van der Waals surface area contributed by atoms with Crippen LogP contribution in [0.1, 0.15) is 23.6 Å². The van der Waals surface area contributed by atoms with Crippen LogP contribution in [0, 0.1) is 15.4 Å². The molecule has 0 spiro atoms. The minimum Gasteiger partial charge on any atom is -0.508 e. The molecular formula is C23H23IN2O5S. The third kappa shape index (κ3) is 3.80. The lowest BCUT2D eigenvalue weighted by molar-refractivity contribution is -0.151. The van der Waals surface area contributed by atoms with Gasteiger partial charge in [0.1, 0.15) is 11.3 Å². The maximum absolute atomic E-state index is 13.5. The fraction of sp³-hybridized carbons (Fsp3) is 0.348. The van der Waals surface area contributed by atoms with Crippen LogP contribution < -0.4 is 5.32 Å². The molecule has 3 N–H and O–H groups in total. The zero-order valence-corrected chi connectivity index (χ0v) is 20.3. The van der Waals surface area contributed by atoms with Crippen molar-refractivity contribution in [2.24, 2.45) is 11.8 Å². The zero-order chi connectivity index (χ0) is 23.0. The van der Waals surface area contributed by atoms with Crippen LogP contribution in [0.5, 0.6) is 5.75 Å². The molecule has 2 fully saturated rings. The van der Waals surface area contributed by atoms with E-state index in [1.807, 2.05) is 36.6 Å². The Morgan fingerprint density at radius 3 is 2.56 bits per heavy atom. The molecule has 32 heavy (non-hydrogen) atoms. The Morgan fingerprint density at radius 1 is 1.19 bits per heavy atom. The number of hydrogen-bond donors (Lipinski definition) is 3. The lowest BCUT2D eigenvalue weighted by Crippen LogP contribution is -2.56. The number of nitrogens with one attached hydrogen (secondary N) is 1. The number of amides is 2. The Morgan fingerprint density at radius 2 is 1.91 bits per heavy atom. The first-order valence-electron chi connectivity index (χ1n) is 10.2. The highest BCUT2D eigenvalue weighted by Crippen LogP contribution is 2.52. The number of nitrogens with zero attached hydrogens (tertiary/aromatic N) is 1. The highest BCUT2D eigenvalue weighted by molar-refractivity contribution is 14.1. The molecule has 2 saturated heterocycles. The lowest BCUT2D eigenvalue weighted by atomic mass is 9.78. The molecule has 2 heterocycles. The van der Waals surface area contributed by atoms with Crippen LogP contribution in [0.25, 0.3) is 0 Å². The Balaban J connectivity index is 1.81. The molecule has 2 aromatic rings. The number of benzene rings is 2. The topological polar surface area (TPSA) is 107 Å².